The van der Waals surface area contributed by atoms with E-state index in [1.807, 2.05) is 0 Å². The number of ether oxygens (including phenoxy) is 2. The van der Waals surface area contributed by atoms with Crippen LogP contribution in [-0.2, 0) is 4.74 Å². The number of hydrogen-bond donors (Lipinski definition) is 0. The summed E-state index contributed by atoms with van der Waals surface area (Å²) in [7, 11) is 1.27. The van der Waals surface area contributed by atoms with E-state index < -0.39 is 17.8 Å². The first-order valence-electron chi connectivity index (χ1n) is 5.87. The number of carbonyl (C=O) groups excluding carboxylic acids is 2. The summed E-state index contributed by atoms with van der Waals surface area (Å²) in [6.45, 7) is 0. The molecule has 0 atom stereocenters. The van der Waals surface area contributed by atoms with Crippen molar-refractivity contribution in [3.63, 3.8) is 0 Å². The van der Waals surface area contributed by atoms with Crippen LogP contribution in [0.3, 0.4) is 0 Å². The molecule has 108 valence electrons. The lowest BCUT2D eigenvalue weighted by atomic mass is 10.2. The lowest BCUT2D eigenvalue weighted by molar-refractivity contribution is 0.0600. The van der Waals surface area contributed by atoms with Crippen molar-refractivity contribution >= 4 is 27.9 Å². The molecule has 0 N–H and O–H groups in total. The van der Waals surface area contributed by atoms with Gasteiger partial charge in [0.15, 0.2) is 0 Å². The predicted octanol–water partition coefficient (Wildman–Crippen LogP) is 3.59. The first kappa shape index (κ1) is 15.2. The van der Waals surface area contributed by atoms with Crippen LogP contribution in [0.5, 0.6) is 5.75 Å². The molecule has 0 spiro atoms. The Morgan fingerprint density at radius 2 is 1.81 bits per heavy atom. The third-order valence-electron chi connectivity index (χ3n) is 2.65. The fourth-order valence-electron chi connectivity index (χ4n) is 1.61. The molecule has 2 aromatic carbocycles. The van der Waals surface area contributed by atoms with Crippen molar-refractivity contribution in [3.05, 3.63) is 63.9 Å². The first-order valence-corrected chi connectivity index (χ1v) is 6.67. The van der Waals surface area contributed by atoms with E-state index in [0.717, 1.165) is 0 Å². The minimum Gasteiger partial charge on any atom is -0.465 e. The van der Waals surface area contributed by atoms with Gasteiger partial charge in [-0.3, -0.25) is 0 Å². The molecule has 2 rings (SSSR count). The Kier molecular flexibility index (Phi) is 4.70. The molecule has 0 aliphatic rings. The van der Waals surface area contributed by atoms with E-state index in [1.165, 1.54) is 49.6 Å². The molecular weight excluding hydrogens is 343 g/mol. The fraction of sp³-hybridized carbons (Fsp3) is 0.0667. The summed E-state index contributed by atoms with van der Waals surface area (Å²) in [5.74, 6) is -1.82. The average molecular weight is 353 g/mol. The van der Waals surface area contributed by atoms with Crippen molar-refractivity contribution in [2.45, 2.75) is 0 Å². The zero-order valence-electron chi connectivity index (χ0n) is 10.9. The van der Waals surface area contributed by atoms with Crippen molar-refractivity contribution in [1.29, 1.82) is 0 Å². The van der Waals surface area contributed by atoms with Crippen molar-refractivity contribution in [2.24, 2.45) is 0 Å². The monoisotopic (exact) mass is 352 g/mol. The van der Waals surface area contributed by atoms with Crippen LogP contribution in [0.15, 0.2) is 46.9 Å². The van der Waals surface area contributed by atoms with Crippen LogP contribution in [0, 0.1) is 5.82 Å². The van der Waals surface area contributed by atoms with Crippen LogP contribution >= 0.6 is 15.9 Å². The summed E-state index contributed by atoms with van der Waals surface area (Å²) in [4.78, 5) is 23.3. The van der Waals surface area contributed by atoms with Gasteiger partial charge in [0.2, 0.25) is 0 Å². The molecule has 0 aromatic heterocycles. The molecule has 0 radical (unpaired) electrons. The topological polar surface area (TPSA) is 52.6 Å². The minimum atomic E-state index is -0.820. The van der Waals surface area contributed by atoms with E-state index in [9.17, 15) is 14.0 Å². The standard InChI is InChI=1S/C15H10BrFO4/c1-20-14(18)9-6-7-13(11(16)8-9)21-15(19)10-4-2-3-5-12(10)17/h2-8H,1H3. The Bertz CT molecular complexity index is 700. The Morgan fingerprint density at radius 3 is 2.43 bits per heavy atom. The van der Waals surface area contributed by atoms with Gasteiger partial charge in [0.05, 0.1) is 22.7 Å². The van der Waals surface area contributed by atoms with Gasteiger partial charge in [-0.25, -0.2) is 14.0 Å². The summed E-state index contributed by atoms with van der Waals surface area (Å²) in [5, 5.41) is 0. The largest absolute Gasteiger partial charge is 0.465 e. The van der Waals surface area contributed by atoms with E-state index in [-0.39, 0.29) is 11.3 Å². The second kappa shape index (κ2) is 6.49. The molecule has 21 heavy (non-hydrogen) atoms. The van der Waals surface area contributed by atoms with Gasteiger partial charge < -0.3 is 9.47 Å². The van der Waals surface area contributed by atoms with Gasteiger partial charge in [0, 0.05) is 0 Å². The summed E-state index contributed by atoms with van der Waals surface area (Å²) >= 11 is 3.19. The van der Waals surface area contributed by atoms with E-state index >= 15 is 0 Å². The van der Waals surface area contributed by atoms with E-state index in [2.05, 4.69) is 20.7 Å². The molecule has 4 nitrogen and oxygen atoms in total. The molecule has 0 aliphatic carbocycles. The maximum Gasteiger partial charge on any atom is 0.346 e. The predicted molar refractivity (Wildman–Crippen MR) is 76.8 cm³/mol. The quantitative estimate of drug-likeness (QED) is 0.625. The Morgan fingerprint density at radius 1 is 1.10 bits per heavy atom. The highest BCUT2D eigenvalue weighted by Gasteiger charge is 2.16. The maximum absolute atomic E-state index is 13.5. The average Bonchev–Trinajstić information content (AvgIpc) is 2.48. The summed E-state index contributed by atoms with van der Waals surface area (Å²) in [6, 6.07) is 9.84. The molecule has 0 aliphatic heterocycles. The Balaban J connectivity index is 2.22. The zero-order chi connectivity index (χ0) is 15.4. The van der Waals surface area contributed by atoms with E-state index in [0.29, 0.717) is 10.0 Å². The SMILES string of the molecule is COC(=O)c1ccc(OC(=O)c2ccccc2F)c(Br)c1. The van der Waals surface area contributed by atoms with Crippen molar-refractivity contribution < 1.29 is 23.5 Å². The second-order valence-corrected chi connectivity index (χ2v) is 4.86. The first-order chi connectivity index (χ1) is 10.0. The highest BCUT2D eigenvalue weighted by molar-refractivity contribution is 9.10. The van der Waals surface area contributed by atoms with Gasteiger partial charge >= 0.3 is 11.9 Å². The molecular formula is C15H10BrFO4. The smallest absolute Gasteiger partial charge is 0.346 e. The second-order valence-electron chi connectivity index (χ2n) is 4.01. The van der Waals surface area contributed by atoms with Crippen LogP contribution in [0.2, 0.25) is 0 Å². The van der Waals surface area contributed by atoms with E-state index in [4.69, 9.17) is 4.74 Å². The van der Waals surface area contributed by atoms with Crippen LogP contribution < -0.4 is 4.74 Å². The molecule has 0 amide bonds. The van der Waals surface area contributed by atoms with Crippen molar-refractivity contribution in [1.82, 2.24) is 0 Å². The summed E-state index contributed by atoms with van der Waals surface area (Å²) in [6.07, 6.45) is 0. The molecule has 0 heterocycles. The molecule has 0 saturated carbocycles. The van der Waals surface area contributed by atoms with Gasteiger partial charge in [-0.2, -0.15) is 0 Å². The number of hydrogen-bond acceptors (Lipinski definition) is 4. The normalized spacial score (nSPS) is 10.0. The highest BCUT2D eigenvalue weighted by Crippen LogP contribution is 2.27. The number of esters is 2. The van der Waals surface area contributed by atoms with Gasteiger partial charge in [0.25, 0.3) is 0 Å². The molecule has 0 saturated heterocycles. The van der Waals surface area contributed by atoms with E-state index in [1.54, 1.807) is 0 Å². The molecule has 2 aromatic rings. The van der Waals surface area contributed by atoms with Gasteiger partial charge in [-0.05, 0) is 46.3 Å². The van der Waals surface area contributed by atoms with Gasteiger partial charge in [-0.1, -0.05) is 12.1 Å². The zero-order valence-corrected chi connectivity index (χ0v) is 12.5. The summed E-state index contributed by atoms with van der Waals surface area (Å²) in [5.41, 5.74) is 0.136. The third-order valence-corrected chi connectivity index (χ3v) is 3.27. The molecule has 6 heteroatoms. The number of carbonyl (C=O) groups is 2. The van der Waals surface area contributed by atoms with Crippen LogP contribution in [0.25, 0.3) is 0 Å². The molecule has 0 bridgehead atoms. The number of halogens is 2. The highest BCUT2D eigenvalue weighted by atomic mass is 79.9. The minimum absolute atomic E-state index is 0.165. The number of benzene rings is 2. The van der Waals surface area contributed by atoms with Crippen molar-refractivity contribution in [2.75, 3.05) is 7.11 Å². The number of methoxy groups -OCH3 is 1. The van der Waals surface area contributed by atoms with Gasteiger partial charge in [-0.15, -0.1) is 0 Å². The molecule has 0 fully saturated rings. The van der Waals surface area contributed by atoms with Crippen LogP contribution in [0.4, 0.5) is 4.39 Å². The van der Waals surface area contributed by atoms with Gasteiger partial charge in [0.1, 0.15) is 11.6 Å². The summed E-state index contributed by atoms with van der Waals surface area (Å²) < 4.78 is 23.6. The fourth-order valence-corrected chi connectivity index (χ4v) is 2.07. The lowest BCUT2D eigenvalue weighted by Crippen LogP contribution is -2.11. The lowest BCUT2D eigenvalue weighted by Gasteiger charge is -2.08. The van der Waals surface area contributed by atoms with Crippen LogP contribution in [-0.4, -0.2) is 19.0 Å². The third kappa shape index (κ3) is 3.46. The molecule has 0 unspecified atom stereocenters. The van der Waals surface area contributed by atoms with Crippen molar-refractivity contribution in [3.8, 4) is 5.75 Å². The Labute approximate surface area is 128 Å². The Hall–Kier alpha value is -2.21. The van der Waals surface area contributed by atoms with Crippen LogP contribution in [0.1, 0.15) is 20.7 Å². The maximum atomic E-state index is 13.5. The number of rotatable bonds is 3.